The zero-order chi connectivity index (χ0) is 43.9. The SMILES string of the molecule is C/C=C(\C)[C@@H]1OC(=O)[C@H](C)NC(=O)[C@H]([C@@H](C)CC)NC(=O)CN(C)C(=O)C(Cc2ccccc2)NC(=O)[C@@H](C)NC(=O)C(CC(C)C)OC(=O)/C(C)=C/C[C@@H](O)[C@@H]1C. The first-order valence-corrected chi connectivity index (χ1v) is 20.1. The van der Waals surface area contributed by atoms with Gasteiger partial charge in [-0.3, -0.25) is 24.0 Å². The molecule has 2 unspecified atom stereocenters. The molecular weight excluding hydrogens is 746 g/mol. The molecule has 1 aromatic rings. The van der Waals surface area contributed by atoms with E-state index >= 15 is 0 Å². The molecule has 1 aliphatic rings. The highest BCUT2D eigenvalue weighted by molar-refractivity contribution is 5.96. The van der Waals surface area contributed by atoms with Crippen molar-refractivity contribution in [3.8, 4) is 0 Å². The summed E-state index contributed by atoms with van der Waals surface area (Å²) in [4.78, 5) is 95.8. The van der Waals surface area contributed by atoms with Crippen LogP contribution in [0.4, 0.5) is 0 Å². The van der Waals surface area contributed by atoms with Gasteiger partial charge in [-0.05, 0) is 70.4 Å². The van der Waals surface area contributed by atoms with Crippen LogP contribution in [-0.2, 0) is 49.5 Å². The Morgan fingerprint density at radius 3 is 2.10 bits per heavy atom. The van der Waals surface area contributed by atoms with Crippen molar-refractivity contribution in [2.24, 2.45) is 17.8 Å². The van der Waals surface area contributed by atoms with E-state index in [9.17, 15) is 38.7 Å². The van der Waals surface area contributed by atoms with E-state index < -0.39 is 96.4 Å². The zero-order valence-electron chi connectivity index (χ0n) is 35.9. The Labute approximate surface area is 343 Å². The average Bonchev–Trinajstić information content (AvgIpc) is 3.18. The lowest BCUT2D eigenvalue weighted by Gasteiger charge is -2.30. The van der Waals surface area contributed by atoms with Gasteiger partial charge in [-0.2, -0.15) is 0 Å². The zero-order valence-corrected chi connectivity index (χ0v) is 35.9. The highest BCUT2D eigenvalue weighted by Gasteiger charge is 2.35. The van der Waals surface area contributed by atoms with Gasteiger partial charge in [0.15, 0.2) is 6.10 Å². The number of nitrogens with zero attached hydrogens (tertiary/aromatic N) is 1. The number of amides is 5. The molecule has 58 heavy (non-hydrogen) atoms. The third kappa shape index (κ3) is 15.0. The van der Waals surface area contributed by atoms with Crippen LogP contribution in [0.25, 0.3) is 0 Å². The number of likely N-dealkylation sites (N-methyl/N-ethyl adjacent to an activating group) is 1. The number of carbonyl (C=O) groups excluding carboxylic acids is 7. The predicted molar refractivity (Wildman–Crippen MR) is 218 cm³/mol. The fourth-order valence-electron chi connectivity index (χ4n) is 6.22. The molecule has 0 saturated carbocycles. The van der Waals surface area contributed by atoms with Gasteiger partial charge in [-0.25, -0.2) is 9.59 Å². The topological polar surface area (TPSA) is 210 Å². The molecule has 322 valence electrons. The highest BCUT2D eigenvalue weighted by atomic mass is 16.6. The molecule has 9 atom stereocenters. The minimum absolute atomic E-state index is 0.0218. The lowest BCUT2D eigenvalue weighted by Crippen LogP contribution is -2.57. The maximum Gasteiger partial charge on any atom is 0.334 e. The van der Waals surface area contributed by atoms with Crippen molar-refractivity contribution in [1.29, 1.82) is 0 Å². The molecule has 2 rings (SSSR count). The third-order valence-electron chi connectivity index (χ3n) is 10.4. The summed E-state index contributed by atoms with van der Waals surface area (Å²) >= 11 is 0. The van der Waals surface area contributed by atoms with Gasteiger partial charge in [-0.15, -0.1) is 0 Å². The van der Waals surface area contributed by atoms with Crippen molar-refractivity contribution in [2.75, 3.05) is 13.6 Å². The maximum atomic E-state index is 13.9. The van der Waals surface area contributed by atoms with Gasteiger partial charge in [0.2, 0.25) is 23.6 Å². The van der Waals surface area contributed by atoms with E-state index in [1.807, 2.05) is 20.8 Å². The monoisotopic (exact) mass is 811 g/mol. The second kappa shape index (κ2) is 23.4. The first-order chi connectivity index (χ1) is 27.2. The van der Waals surface area contributed by atoms with Crippen molar-refractivity contribution in [1.82, 2.24) is 26.2 Å². The van der Waals surface area contributed by atoms with Gasteiger partial charge in [0.1, 0.15) is 30.3 Å². The van der Waals surface area contributed by atoms with Gasteiger partial charge in [0, 0.05) is 25.0 Å². The normalized spacial score (nSPS) is 28.9. The second-order valence-electron chi connectivity index (χ2n) is 15.8. The number of nitrogens with one attached hydrogen (secondary N) is 4. The molecular formula is C43H65N5O10. The Morgan fingerprint density at radius 2 is 1.52 bits per heavy atom. The predicted octanol–water partition coefficient (Wildman–Crippen LogP) is 2.90. The molecule has 0 aliphatic carbocycles. The highest BCUT2D eigenvalue weighted by Crippen LogP contribution is 2.23. The molecule has 15 heteroatoms. The van der Waals surface area contributed by atoms with Gasteiger partial charge in [0.05, 0.1) is 12.6 Å². The van der Waals surface area contributed by atoms with Crippen molar-refractivity contribution in [3.63, 3.8) is 0 Å². The van der Waals surface area contributed by atoms with Crippen LogP contribution in [0.2, 0.25) is 0 Å². The van der Waals surface area contributed by atoms with Crippen molar-refractivity contribution >= 4 is 41.5 Å². The van der Waals surface area contributed by atoms with Crippen molar-refractivity contribution in [3.05, 3.63) is 59.2 Å². The van der Waals surface area contributed by atoms with Gasteiger partial charge < -0.3 is 40.7 Å². The number of allylic oxidation sites excluding steroid dienone is 1. The van der Waals surface area contributed by atoms with E-state index in [1.54, 1.807) is 64.1 Å². The van der Waals surface area contributed by atoms with E-state index in [4.69, 9.17) is 9.47 Å². The Balaban J connectivity index is 2.57. The van der Waals surface area contributed by atoms with E-state index in [-0.39, 0.29) is 36.7 Å². The molecule has 1 aromatic carbocycles. The molecule has 15 nitrogen and oxygen atoms in total. The smallest absolute Gasteiger partial charge is 0.334 e. The summed E-state index contributed by atoms with van der Waals surface area (Å²) < 4.78 is 11.5. The van der Waals surface area contributed by atoms with E-state index in [2.05, 4.69) is 21.3 Å². The van der Waals surface area contributed by atoms with Crippen molar-refractivity contribution in [2.45, 2.75) is 137 Å². The lowest BCUT2D eigenvalue weighted by atomic mass is 9.90. The van der Waals surface area contributed by atoms with E-state index in [0.717, 1.165) is 10.5 Å². The van der Waals surface area contributed by atoms with Crippen LogP contribution >= 0.6 is 0 Å². The number of esters is 2. The molecule has 0 fully saturated rings. The average molecular weight is 812 g/mol. The first-order valence-electron chi connectivity index (χ1n) is 20.1. The molecule has 1 aliphatic heterocycles. The van der Waals surface area contributed by atoms with Crippen LogP contribution in [0.1, 0.15) is 94.1 Å². The Kier molecular flexibility index (Phi) is 19.8. The van der Waals surface area contributed by atoms with Crippen LogP contribution in [0.5, 0.6) is 0 Å². The fraction of sp³-hybridized carbons (Fsp3) is 0.605. The largest absolute Gasteiger partial charge is 0.456 e. The van der Waals surface area contributed by atoms with Crippen LogP contribution < -0.4 is 21.3 Å². The first kappa shape index (κ1) is 49.1. The summed E-state index contributed by atoms with van der Waals surface area (Å²) in [6.45, 7) is 16.4. The summed E-state index contributed by atoms with van der Waals surface area (Å²) in [5, 5.41) is 21.9. The lowest BCUT2D eigenvalue weighted by molar-refractivity contribution is -0.154. The molecule has 0 radical (unpaired) electrons. The van der Waals surface area contributed by atoms with Crippen LogP contribution in [-0.4, -0.2) is 108 Å². The van der Waals surface area contributed by atoms with Crippen LogP contribution in [0.15, 0.2) is 53.6 Å². The minimum Gasteiger partial charge on any atom is -0.456 e. The van der Waals surface area contributed by atoms with Gasteiger partial charge in [-0.1, -0.05) is 83.5 Å². The summed E-state index contributed by atoms with van der Waals surface area (Å²) in [6, 6.07) is 4.39. The van der Waals surface area contributed by atoms with Crippen LogP contribution in [0.3, 0.4) is 0 Å². The number of ether oxygens (including phenoxy) is 2. The quantitative estimate of drug-likeness (QED) is 0.201. The Bertz CT molecular complexity index is 1660. The summed E-state index contributed by atoms with van der Waals surface area (Å²) in [7, 11) is 1.39. The number of aliphatic hydroxyl groups is 1. The molecule has 0 saturated heterocycles. The third-order valence-corrected chi connectivity index (χ3v) is 10.4. The molecule has 0 spiro atoms. The maximum absolute atomic E-state index is 13.9. The summed E-state index contributed by atoms with van der Waals surface area (Å²) in [5.41, 5.74) is 1.49. The number of hydrogen-bond acceptors (Lipinski definition) is 10. The number of carbonyl (C=O) groups is 7. The molecule has 0 aromatic heterocycles. The number of benzene rings is 1. The number of cyclic esters (lactones) is 2. The molecule has 0 bridgehead atoms. The molecule has 5 amide bonds. The second-order valence-corrected chi connectivity index (χ2v) is 15.8. The summed E-state index contributed by atoms with van der Waals surface area (Å²) in [6.07, 6.45) is 0.653. The molecule has 1 heterocycles. The van der Waals surface area contributed by atoms with Gasteiger partial charge in [0.25, 0.3) is 5.91 Å². The molecule has 5 N–H and O–H groups in total. The Morgan fingerprint density at radius 1 is 0.897 bits per heavy atom. The van der Waals surface area contributed by atoms with E-state index in [1.165, 1.54) is 33.9 Å². The number of rotatable bonds is 7. The van der Waals surface area contributed by atoms with E-state index in [0.29, 0.717) is 12.0 Å². The standard InChI is InChI=1S/C43H65N5O10/c1-12-25(5)36-40(53)45-30(10)43(56)58-37(26(6)13-2)28(8)33(49)20-19-27(7)42(55)57-34(21-24(3)4)39(52)44-29(9)38(51)46-32(22-31-17-15-14-16-18-31)41(54)48(11)23-35(50)47-36/h13-19,24-25,28-30,32-34,36-37,49H,12,20-23H2,1-11H3,(H,44,52)(H,45,53)(H,46,51)(H,47,50)/b26-13+,27-19+/t25-,28-,29+,30-,32?,33+,34?,36-,37-/m0/s1. The minimum atomic E-state index is -1.26. The Hall–Kier alpha value is -5.05. The van der Waals surface area contributed by atoms with Crippen LogP contribution in [0, 0.1) is 17.8 Å². The fourth-order valence-corrected chi connectivity index (χ4v) is 6.22. The number of aliphatic hydroxyl groups excluding tert-OH is 1. The summed E-state index contributed by atoms with van der Waals surface area (Å²) in [5.74, 6) is -5.98. The number of hydrogen-bond donors (Lipinski definition) is 5. The van der Waals surface area contributed by atoms with Crippen molar-refractivity contribution < 1.29 is 48.1 Å². The van der Waals surface area contributed by atoms with Gasteiger partial charge >= 0.3 is 11.9 Å².